The van der Waals surface area contributed by atoms with E-state index in [0.717, 1.165) is 22.1 Å². The molecule has 17 nitrogen and oxygen atoms in total. The number of rotatable bonds is 13. The summed E-state index contributed by atoms with van der Waals surface area (Å²) in [6.07, 6.45) is 6.63. The summed E-state index contributed by atoms with van der Waals surface area (Å²) in [6.45, 7) is 2.81. The average molecular weight is 920 g/mol. The van der Waals surface area contributed by atoms with Crippen molar-refractivity contribution >= 4 is 67.8 Å². The van der Waals surface area contributed by atoms with Crippen LogP contribution in [0.5, 0.6) is 0 Å². The second kappa shape index (κ2) is 18.1. The number of piperidine rings is 2. The van der Waals surface area contributed by atoms with E-state index in [9.17, 15) is 27.6 Å². The molecule has 0 aliphatic carbocycles. The first-order valence-electron chi connectivity index (χ1n) is 21.0. The number of benzene rings is 2. The highest BCUT2D eigenvalue weighted by molar-refractivity contribution is 7.90. The number of H-pyrrole nitrogens is 1. The fraction of sp³-hybridized carbons (Fsp3) is 0.372. The second-order valence-electron chi connectivity index (χ2n) is 16.1. The number of piperazine rings is 1. The van der Waals surface area contributed by atoms with E-state index in [-0.39, 0.29) is 80.4 Å². The van der Waals surface area contributed by atoms with Crippen LogP contribution in [0.1, 0.15) is 48.5 Å². The molecule has 8 rings (SSSR count). The Morgan fingerprint density at radius 3 is 2.23 bits per heavy atom. The van der Waals surface area contributed by atoms with Gasteiger partial charge in [-0.3, -0.25) is 29.2 Å². The highest BCUT2D eigenvalue weighted by Crippen LogP contribution is 2.37. The number of aromatic amines is 1. The summed E-state index contributed by atoms with van der Waals surface area (Å²) in [5, 5.41) is 5.66. The minimum atomic E-state index is -4.18. The number of fused-ring (bicyclic) bond motifs is 1. The summed E-state index contributed by atoms with van der Waals surface area (Å²) in [5.74, 6) is -9.89. The van der Waals surface area contributed by atoms with Crippen molar-refractivity contribution in [1.29, 1.82) is 0 Å². The van der Waals surface area contributed by atoms with E-state index in [0.29, 0.717) is 42.3 Å². The van der Waals surface area contributed by atoms with E-state index < -0.39 is 62.7 Å². The molecule has 6 heterocycles. The Balaban J connectivity index is 0.860. The van der Waals surface area contributed by atoms with Gasteiger partial charge in [-0.15, -0.1) is 0 Å². The smallest absolute Gasteiger partial charge is 0.327 e. The van der Waals surface area contributed by atoms with Gasteiger partial charge in [0.2, 0.25) is 23.5 Å². The molecule has 3 saturated heterocycles. The largest absolute Gasteiger partial charge is 0.374 e. The molecule has 0 saturated carbocycles. The molecule has 0 radical (unpaired) electrons. The van der Waals surface area contributed by atoms with E-state index in [4.69, 9.17) is 0 Å². The molecule has 22 heteroatoms. The fourth-order valence-corrected chi connectivity index (χ4v) is 9.07. The van der Waals surface area contributed by atoms with E-state index >= 15 is 17.6 Å². The van der Waals surface area contributed by atoms with Gasteiger partial charge in [0.25, 0.3) is 5.91 Å². The zero-order valence-electron chi connectivity index (χ0n) is 35.3. The number of nitrogens with zero attached hydrogens (tertiary/aromatic N) is 7. The third kappa shape index (κ3) is 9.17. The zero-order chi connectivity index (χ0) is 46.2. The number of hydrogen-bond donors (Lipinski definition) is 4. The lowest BCUT2D eigenvalue weighted by Crippen LogP contribution is -2.56. The summed E-state index contributed by atoms with van der Waals surface area (Å²) in [4.78, 5) is 71.5. The van der Waals surface area contributed by atoms with Crippen LogP contribution >= 0.6 is 0 Å². The van der Waals surface area contributed by atoms with Gasteiger partial charge in [0.05, 0.1) is 11.3 Å². The molecule has 0 spiro atoms. The van der Waals surface area contributed by atoms with Crippen LogP contribution in [0.15, 0.2) is 67.3 Å². The van der Waals surface area contributed by atoms with Crippen molar-refractivity contribution in [2.75, 3.05) is 72.7 Å². The minimum absolute atomic E-state index is 0.0359. The molecule has 65 heavy (non-hydrogen) atoms. The Labute approximate surface area is 370 Å². The van der Waals surface area contributed by atoms with Gasteiger partial charge < -0.3 is 25.0 Å². The van der Waals surface area contributed by atoms with Crippen LogP contribution in [0.4, 0.5) is 40.6 Å². The molecule has 3 fully saturated rings. The monoisotopic (exact) mass is 919 g/mol. The SMILES string of the molecule is CCN(C)S(=O)(=O)Nc1ccc(F)c(C(=O)c2c[nH]c3ncc(-c4cnc(N5CCN(C(=O)C(F)(F)C6CCN(c7ccc(N[C@H]8CCC(=O)NC8=O)cc7)CC6)CC5)nc4)cc23)c1F. The number of halogens is 4. The van der Waals surface area contributed by atoms with Crippen molar-refractivity contribution in [3.05, 3.63) is 90.0 Å². The summed E-state index contributed by atoms with van der Waals surface area (Å²) < 4.78 is 90.2. The van der Waals surface area contributed by atoms with Gasteiger partial charge in [0, 0.05) is 123 Å². The number of nitrogens with one attached hydrogen (secondary N) is 4. The van der Waals surface area contributed by atoms with Gasteiger partial charge in [0.1, 0.15) is 17.5 Å². The highest BCUT2D eigenvalue weighted by Gasteiger charge is 2.50. The number of imide groups is 1. The van der Waals surface area contributed by atoms with Crippen molar-refractivity contribution in [2.24, 2.45) is 5.92 Å². The van der Waals surface area contributed by atoms with Crippen molar-refractivity contribution in [1.82, 2.24) is 34.5 Å². The van der Waals surface area contributed by atoms with Crippen molar-refractivity contribution in [3.8, 4) is 11.1 Å². The van der Waals surface area contributed by atoms with Crippen molar-refractivity contribution in [3.63, 3.8) is 0 Å². The summed E-state index contributed by atoms with van der Waals surface area (Å²) in [6, 6.07) is 10.0. The van der Waals surface area contributed by atoms with E-state index in [2.05, 4.69) is 30.6 Å². The number of carbonyl (C=O) groups excluding carboxylic acids is 4. The Bertz CT molecular complexity index is 2740. The van der Waals surface area contributed by atoms with E-state index in [1.165, 1.54) is 36.7 Å². The molecule has 342 valence electrons. The first kappa shape index (κ1) is 44.9. The van der Waals surface area contributed by atoms with Crippen LogP contribution in [-0.2, 0) is 24.6 Å². The van der Waals surface area contributed by atoms with Crippen LogP contribution in [0, 0.1) is 17.6 Å². The van der Waals surface area contributed by atoms with Crippen LogP contribution < -0.4 is 25.2 Å². The van der Waals surface area contributed by atoms with Gasteiger partial charge in [0.15, 0.2) is 5.82 Å². The van der Waals surface area contributed by atoms with Gasteiger partial charge in [-0.05, 0) is 61.7 Å². The molecule has 3 aliphatic rings. The molecule has 3 aliphatic heterocycles. The molecule has 0 unspecified atom stereocenters. The number of hydrogen-bond acceptors (Lipinski definition) is 12. The Morgan fingerprint density at radius 1 is 0.892 bits per heavy atom. The predicted molar refractivity (Wildman–Crippen MR) is 233 cm³/mol. The highest BCUT2D eigenvalue weighted by atomic mass is 32.2. The lowest BCUT2D eigenvalue weighted by molar-refractivity contribution is -0.167. The third-order valence-electron chi connectivity index (χ3n) is 12.1. The van der Waals surface area contributed by atoms with Crippen molar-refractivity contribution < 1.29 is 45.2 Å². The zero-order valence-corrected chi connectivity index (χ0v) is 36.1. The first-order valence-corrected chi connectivity index (χ1v) is 22.4. The average Bonchev–Trinajstić information content (AvgIpc) is 3.74. The van der Waals surface area contributed by atoms with E-state index in [1.54, 1.807) is 30.0 Å². The van der Waals surface area contributed by atoms with Crippen molar-refractivity contribution in [2.45, 2.75) is 44.6 Å². The molecule has 3 amide bonds. The summed E-state index contributed by atoms with van der Waals surface area (Å²) in [7, 11) is -2.91. The number of aromatic nitrogens is 4. The molecular formula is C43H45F4N11O6S. The second-order valence-corrected chi connectivity index (χ2v) is 17.9. The standard InChI is InChI=1S/C43H45F4N11O6S/c1-3-55(2)65(63,64)54-33-9-8-32(44)36(37(33)45)38(60)31-24-49-39-30(31)20-25(21-48-39)26-22-50-42(51-23-26)58-18-16-57(17-19-58)41(62)43(46,47)27-12-14-56(15-13-27)29-6-4-28(5-7-29)52-34-10-11-35(59)53-40(34)61/h4-9,20-24,27,34,52,54H,3,10-19H2,1-2H3,(H,48,49)(H,53,59,61)/t34-/m0/s1. The topological polar surface area (TPSA) is 206 Å². The number of carbonyl (C=O) groups is 4. The van der Waals surface area contributed by atoms with Gasteiger partial charge in [-0.1, -0.05) is 6.92 Å². The molecule has 5 aromatic rings. The lowest BCUT2D eigenvalue weighted by atomic mass is 9.89. The molecule has 2 aromatic carbocycles. The van der Waals surface area contributed by atoms with E-state index in [1.807, 2.05) is 21.8 Å². The lowest BCUT2D eigenvalue weighted by Gasteiger charge is -2.40. The molecule has 4 N–H and O–H groups in total. The van der Waals surface area contributed by atoms with Crippen LogP contribution in [-0.4, -0.2) is 126 Å². The van der Waals surface area contributed by atoms with Gasteiger partial charge in [-0.2, -0.15) is 21.5 Å². The Hall–Kier alpha value is -6.68. The number of anilines is 4. The number of alkyl halides is 2. The van der Waals surface area contributed by atoms with Crippen LogP contribution in [0.2, 0.25) is 0 Å². The maximum Gasteiger partial charge on any atom is 0.327 e. The normalized spacial score (nSPS) is 17.7. The predicted octanol–water partition coefficient (Wildman–Crippen LogP) is 4.56. The molecule has 0 bridgehead atoms. The quantitative estimate of drug-likeness (QED) is 0.0730. The van der Waals surface area contributed by atoms with Crippen LogP contribution in [0.3, 0.4) is 0 Å². The Kier molecular flexibility index (Phi) is 12.5. The molecule has 1 atom stereocenters. The maximum atomic E-state index is 15.8. The molecular weight excluding hydrogens is 875 g/mol. The minimum Gasteiger partial charge on any atom is -0.374 e. The first-order chi connectivity index (χ1) is 31.0. The molecule has 3 aromatic heterocycles. The summed E-state index contributed by atoms with van der Waals surface area (Å²) in [5.41, 5.74) is 1.03. The number of ketones is 1. The fourth-order valence-electron chi connectivity index (χ4n) is 8.14. The Morgan fingerprint density at radius 2 is 1.57 bits per heavy atom. The van der Waals surface area contributed by atoms with Crippen LogP contribution in [0.25, 0.3) is 22.2 Å². The number of amides is 3. The third-order valence-corrected chi connectivity index (χ3v) is 13.7. The summed E-state index contributed by atoms with van der Waals surface area (Å²) >= 11 is 0. The van der Waals surface area contributed by atoms with Gasteiger partial charge >= 0.3 is 16.1 Å². The number of pyridine rings is 1. The van der Waals surface area contributed by atoms with Gasteiger partial charge in [-0.25, -0.2) is 23.7 Å². The maximum absolute atomic E-state index is 15.8.